The van der Waals surface area contributed by atoms with Crippen LogP contribution in [0.3, 0.4) is 0 Å². The van der Waals surface area contributed by atoms with Crippen LogP contribution in [-0.4, -0.2) is 37.7 Å². The van der Waals surface area contributed by atoms with E-state index in [-0.39, 0.29) is 5.69 Å². The molecule has 2 aromatic rings. The summed E-state index contributed by atoms with van der Waals surface area (Å²) in [4.78, 5) is 14.1. The van der Waals surface area contributed by atoms with E-state index in [2.05, 4.69) is 17.4 Å². The Balaban J connectivity index is 1.46. The van der Waals surface area contributed by atoms with Crippen molar-refractivity contribution in [2.45, 2.75) is 24.9 Å². The summed E-state index contributed by atoms with van der Waals surface area (Å²) in [6, 6.07) is 8.74. The SMILES string of the molecule is COc1ccc2c(c1)CCOC21CCN(C(=O)Nc2ccc(F)cc2F)CC1. The van der Waals surface area contributed by atoms with Crippen molar-refractivity contribution in [1.82, 2.24) is 4.90 Å². The Bertz CT molecular complexity index is 895. The van der Waals surface area contributed by atoms with Gasteiger partial charge in [-0.05, 0) is 54.7 Å². The quantitative estimate of drug-likeness (QED) is 0.844. The number of nitrogens with zero attached hydrogens (tertiary/aromatic N) is 1. The van der Waals surface area contributed by atoms with Gasteiger partial charge in [0.2, 0.25) is 0 Å². The van der Waals surface area contributed by atoms with Crippen molar-refractivity contribution >= 4 is 11.7 Å². The molecule has 1 saturated heterocycles. The first-order chi connectivity index (χ1) is 13.5. The van der Waals surface area contributed by atoms with Crippen molar-refractivity contribution in [3.8, 4) is 5.75 Å². The maximum atomic E-state index is 13.8. The van der Waals surface area contributed by atoms with Gasteiger partial charge in [0.15, 0.2) is 0 Å². The van der Waals surface area contributed by atoms with Gasteiger partial charge in [-0.25, -0.2) is 13.6 Å². The molecule has 28 heavy (non-hydrogen) atoms. The summed E-state index contributed by atoms with van der Waals surface area (Å²) < 4.78 is 38.3. The molecule has 0 atom stereocenters. The molecule has 2 aliphatic rings. The number of hydrogen-bond acceptors (Lipinski definition) is 3. The summed E-state index contributed by atoms with van der Waals surface area (Å²) in [5, 5.41) is 2.52. The monoisotopic (exact) mass is 388 g/mol. The van der Waals surface area contributed by atoms with Gasteiger partial charge in [-0.15, -0.1) is 0 Å². The smallest absolute Gasteiger partial charge is 0.321 e. The van der Waals surface area contributed by atoms with E-state index in [0.717, 1.165) is 29.9 Å². The van der Waals surface area contributed by atoms with Gasteiger partial charge in [-0.1, -0.05) is 6.07 Å². The van der Waals surface area contributed by atoms with Gasteiger partial charge in [0, 0.05) is 19.2 Å². The second-order valence-electron chi connectivity index (χ2n) is 7.16. The van der Waals surface area contributed by atoms with E-state index in [1.54, 1.807) is 12.0 Å². The van der Waals surface area contributed by atoms with E-state index in [1.165, 1.54) is 11.6 Å². The minimum Gasteiger partial charge on any atom is -0.497 e. The van der Waals surface area contributed by atoms with Crippen LogP contribution in [-0.2, 0) is 16.8 Å². The Labute approximate surface area is 162 Å². The molecule has 7 heteroatoms. The van der Waals surface area contributed by atoms with Gasteiger partial charge >= 0.3 is 6.03 Å². The molecule has 2 amide bonds. The third-order valence-corrected chi connectivity index (χ3v) is 5.58. The van der Waals surface area contributed by atoms with Crippen LogP contribution in [0.1, 0.15) is 24.0 Å². The number of halogens is 2. The van der Waals surface area contributed by atoms with E-state index in [0.29, 0.717) is 32.5 Å². The van der Waals surface area contributed by atoms with E-state index >= 15 is 0 Å². The lowest BCUT2D eigenvalue weighted by atomic mass is 9.79. The summed E-state index contributed by atoms with van der Waals surface area (Å²) in [6.45, 7) is 1.60. The molecule has 2 heterocycles. The van der Waals surface area contributed by atoms with Gasteiger partial charge in [0.25, 0.3) is 0 Å². The molecule has 2 aliphatic heterocycles. The molecule has 5 nitrogen and oxygen atoms in total. The van der Waals surface area contributed by atoms with Gasteiger partial charge in [-0.2, -0.15) is 0 Å². The molecular formula is C21H22F2N2O3. The molecule has 0 saturated carbocycles. The molecule has 1 spiro atoms. The Kier molecular flexibility index (Phi) is 4.93. The number of piperidine rings is 1. The van der Waals surface area contributed by atoms with Crippen LogP contribution >= 0.6 is 0 Å². The van der Waals surface area contributed by atoms with Gasteiger partial charge < -0.3 is 19.7 Å². The number of methoxy groups -OCH3 is 1. The third-order valence-electron chi connectivity index (χ3n) is 5.58. The molecule has 0 aliphatic carbocycles. The zero-order valence-electron chi connectivity index (χ0n) is 15.6. The number of urea groups is 1. The van der Waals surface area contributed by atoms with Crippen LogP contribution < -0.4 is 10.1 Å². The summed E-state index contributed by atoms with van der Waals surface area (Å²) in [6.07, 6.45) is 2.15. The lowest BCUT2D eigenvalue weighted by Gasteiger charge is -2.45. The first-order valence-corrected chi connectivity index (χ1v) is 9.33. The maximum absolute atomic E-state index is 13.8. The molecule has 0 unspecified atom stereocenters. The van der Waals surface area contributed by atoms with Crippen molar-refractivity contribution in [1.29, 1.82) is 0 Å². The molecule has 0 bridgehead atoms. The highest BCUT2D eigenvalue weighted by Crippen LogP contribution is 2.42. The molecule has 148 valence electrons. The second kappa shape index (κ2) is 7.39. The largest absolute Gasteiger partial charge is 0.497 e. The number of hydrogen-bond donors (Lipinski definition) is 1. The van der Waals surface area contributed by atoms with Crippen molar-refractivity contribution in [3.63, 3.8) is 0 Å². The highest BCUT2D eigenvalue weighted by Gasteiger charge is 2.41. The summed E-state index contributed by atoms with van der Waals surface area (Å²) in [5.41, 5.74) is 1.94. The average molecular weight is 388 g/mol. The van der Waals surface area contributed by atoms with Crippen molar-refractivity contribution in [2.75, 3.05) is 32.1 Å². The minimum absolute atomic E-state index is 0.0296. The lowest BCUT2D eigenvalue weighted by molar-refractivity contribution is -0.0921. The van der Waals surface area contributed by atoms with E-state index in [9.17, 15) is 13.6 Å². The number of anilines is 1. The van der Waals surface area contributed by atoms with Crippen molar-refractivity contribution < 1.29 is 23.0 Å². The zero-order chi connectivity index (χ0) is 19.7. The highest BCUT2D eigenvalue weighted by molar-refractivity contribution is 5.89. The average Bonchev–Trinajstić information content (AvgIpc) is 2.70. The molecule has 0 aromatic heterocycles. The number of rotatable bonds is 2. The topological polar surface area (TPSA) is 50.8 Å². The Morgan fingerprint density at radius 3 is 2.68 bits per heavy atom. The first-order valence-electron chi connectivity index (χ1n) is 9.33. The van der Waals surface area contributed by atoms with Gasteiger partial charge in [-0.3, -0.25) is 0 Å². The fourth-order valence-corrected chi connectivity index (χ4v) is 4.05. The van der Waals surface area contributed by atoms with Crippen LogP contribution in [0.2, 0.25) is 0 Å². The fraction of sp³-hybridized carbons (Fsp3) is 0.381. The van der Waals surface area contributed by atoms with Crippen molar-refractivity contribution in [3.05, 3.63) is 59.2 Å². The number of benzene rings is 2. The predicted molar refractivity (Wildman–Crippen MR) is 101 cm³/mol. The highest BCUT2D eigenvalue weighted by atomic mass is 19.1. The number of fused-ring (bicyclic) bond motifs is 2. The number of carbonyl (C=O) groups excluding carboxylic acids is 1. The number of ether oxygens (including phenoxy) is 2. The third kappa shape index (κ3) is 3.42. The number of amides is 2. The van der Waals surface area contributed by atoms with E-state index in [4.69, 9.17) is 9.47 Å². The number of likely N-dealkylation sites (tertiary alicyclic amines) is 1. The van der Waals surface area contributed by atoms with Gasteiger partial charge in [0.1, 0.15) is 17.4 Å². The van der Waals surface area contributed by atoms with Crippen LogP contribution in [0.4, 0.5) is 19.3 Å². The summed E-state index contributed by atoms with van der Waals surface area (Å²) >= 11 is 0. The Morgan fingerprint density at radius 1 is 1.18 bits per heavy atom. The molecule has 1 fully saturated rings. The molecule has 4 rings (SSSR count). The number of nitrogens with one attached hydrogen (secondary N) is 1. The second-order valence-corrected chi connectivity index (χ2v) is 7.16. The standard InChI is InChI=1S/C21H22F2N2O3/c1-27-16-3-4-17-14(12-16)6-11-28-21(17)7-9-25(10-8-21)20(26)24-19-5-2-15(22)13-18(19)23/h2-5,12-13H,6-11H2,1H3,(H,24,26). The molecular weight excluding hydrogens is 366 g/mol. The predicted octanol–water partition coefficient (Wildman–Crippen LogP) is 4.07. The van der Waals surface area contributed by atoms with Crippen molar-refractivity contribution in [2.24, 2.45) is 0 Å². The molecule has 0 radical (unpaired) electrons. The van der Waals surface area contributed by atoms with E-state index in [1.807, 2.05) is 6.07 Å². The summed E-state index contributed by atoms with van der Waals surface area (Å²) in [7, 11) is 1.65. The minimum atomic E-state index is -0.791. The van der Waals surface area contributed by atoms with Gasteiger partial charge in [0.05, 0.1) is 25.0 Å². The van der Waals surface area contributed by atoms with Crippen LogP contribution in [0.15, 0.2) is 36.4 Å². The number of carbonyl (C=O) groups is 1. The van der Waals surface area contributed by atoms with Crippen LogP contribution in [0, 0.1) is 11.6 Å². The first kappa shape index (κ1) is 18.7. The molecule has 2 aromatic carbocycles. The summed E-state index contributed by atoms with van der Waals surface area (Å²) in [5.74, 6) is -0.644. The Hall–Kier alpha value is -2.67. The fourth-order valence-electron chi connectivity index (χ4n) is 4.05. The van der Waals surface area contributed by atoms with E-state index < -0.39 is 23.3 Å². The van der Waals surface area contributed by atoms with Crippen LogP contribution in [0.25, 0.3) is 0 Å². The lowest BCUT2D eigenvalue weighted by Crippen LogP contribution is -2.49. The normalized spacial score (nSPS) is 17.9. The Morgan fingerprint density at radius 2 is 1.96 bits per heavy atom. The van der Waals surface area contributed by atoms with Crippen LogP contribution in [0.5, 0.6) is 5.75 Å². The zero-order valence-corrected chi connectivity index (χ0v) is 15.6. The maximum Gasteiger partial charge on any atom is 0.321 e. The molecule has 1 N–H and O–H groups in total.